The Morgan fingerprint density at radius 2 is 1.79 bits per heavy atom. The third-order valence-electron chi connectivity index (χ3n) is 5.04. The van der Waals surface area contributed by atoms with Crippen LogP contribution in [0.4, 0.5) is 5.69 Å². The van der Waals surface area contributed by atoms with Gasteiger partial charge in [-0.2, -0.15) is 5.11 Å². The molecule has 8 nitrogen and oxygen atoms in total. The summed E-state index contributed by atoms with van der Waals surface area (Å²) in [5.74, 6) is 0.480. The second-order valence-electron chi connectivity index (χ2n) is 6.69. The van der Waals surface area contributed by atoms with E-state index in [1.807, 2.05) is 24.3 Å². The number of nitrogens with zero attached hydrogens (tertiary/aromatic N) is 4. The number of halogens is 1. The van der Waals surface area contributed by atoms with Gasteiger partial charge in [-0.05, 0) is 42.3 Å². The molecule has 2 aromatic rings. The Labute approximate surface area is 172 Å². The SMILES string of the molecule is COc1ccc(CCN2N=N[C@H]3C(=O)N(c4ccc(OC)c(Cl)c4)C(=O)[C@H]32)cc1. The van der Waals surface area contributed by atoms with Gasteiger partial charge in [-0.3, -0.25) is 14.6 Å². The van der Waals surface area contributed by atoms with E-state index in [2.05, 4.69) is 10.3 Å². The van der Waals surface area contributed by atoms with Crippen molar-refractivity contribution >= 4 is 29.1 Å². The van der Waals surface area contributed by atoms with E-state index in [0.29, 0.717) is 29.4 Å². The molecule has 0 aliphatic carbocycles. The van der Waals surface area contributed by atoms with Crippen molar-refractivity contribution in [3.05, 3.63) is 53.1 Å². The molecule has 0 aromatic heterocycles. The molecule has 150 valence electrons. The maximum Gasteiger partial charge on any atom is 0.263 e. The highest BCUT2D eigenvalue weighted by Gasteiger charge is 2.54. The summed E-state index contributed by atoms with van der Waals surface area (Å²) in [6.07, 6.45) is 0.655. The van der Waals surface area contributed by atoms with E-state index in [0.717, 1.165) is 16.2 Å². The Hall–Kier alpha value is -3.13. The Morgan fingerprint density at radius 3 is 2.45 bits per heavy atom. The number of methoxy groups -OCH3 is 2. The van der Waals surface area contributed by atoms with Gasteiger partial charge in [-0.1, -0.05) is 29.0 Å². The van der Waals surface area contributed by atoms with Gasteiger partial charge in [0.1, 0.15) is 11.5 Å². The first-order chi connectivity index (χ1) is 14.0. The topological polar surface area (TPSA) is 83.8 Å². The Morgan fingerprint density at radius 1 is 1.03 bits per heavy atom. The van der Waals surface area contributed by atoms with Crippen molar-refractivity contribution in [3.8, 4) is 11.5 Å². The molecule has 2 aliphatic rings. The van der Waals surface area contributed by atoms with Crippen LogP contribution >= 0.6 is 11.6 Å². The molecule has 0 bridgehead atoms. The van der Waals surface area contributed by atoms with Crippen LogP contribution in [0.1, 0.15) is 5.56 Å². The highest BCUT2D eigenvalue weighted by molar-refractivity contribution is 6.33. The first kappa shape index (κ1) is 19.2. The van der Waals surface area contributed by atoms with Gasteiger partial charge in [-0.25, -0.2) is 4.90 Å². The van der Waals surface area contributed by atoms with E-state index in [1.54, 1.807) is 24.3 Å². The van der Waals surface area contributed by atoms with Gasteiger partial charge in [0.05, 0.1) is 24.9 Å². The molecule has 2 aromatic carbocycles. The van der Waals surface area contributed by atoms with Crippen molar-refractivity contribution in [1.82, 2.24) is 5.01 Å². The van der Waals surface area contributed by atoms with Crippen molar-refractivity contribution < 1.29 is 19.1 Å². The lowest BCUT2D eigenvalue weighted by Gasteiger charge is -2.21. The molecule has 0 radical (unpaired) electrons. The molecule has 2 heterocycles. The Kier molecular flexibility index (Phi) is 5.10. The van der Waals surface area contributed by atoms with Crippen molar-refractivity contribution in [2.45, 2.75) is 18.5 Å². The molecular weight excluding hydrogens is 396 g/mol. The number of benzene rings is 2. The normalized spacial score (nSPS) is 20.4. The van der Waals surface area contributed by atoms with Crippen LogP contribution in [0.5, 0.6) is 11.5 Å². The van der Waals surface area contributed by atoms with Crippen LogP contribution in [-0.4, -0.2) is 49.7 Å². The largest absolute Gasteiger partial charge is 0.497 e. The van der Waals surface area contributed by atoms with Gasteiger partial charge in [0.2, 0.25) is 0 Å². The van der Waals surface area contributed by atoms with E-state index in [9.17, 15) is 9.59 Å². The van der Waals surface area contributed by atoms with Crippen LogP contribution in [0, 0.1) is 0 Å². The smallest absolute Gasteiger partial charge is 0.263 e. The van der Waals surface area contributed by atoms with Crippen molar-refractivity contribution in [1.29, 1.82) is 0 Å². The van der Waals surface area contributed by atoms with Crippen molar-refractivity contribution in [2.24, 2.45) is 10.3 Å². The van der Waals surface area contributed by atoms with Gasteiger partial charge in [-0.15, -0.1) is 0 Å². The predicted molar refractivity (Wildman–Crippen MR) is 106 cm³/mol. The molecule has 1 fully saturated rings. The Bertz CT molecular complexity index is 979. The molecule has 1 saturated heterocycles. The maximum absolute atomic E-state index is 13.0. The second-order valence-corrected chi connectivity index (χ2v) is 7.09. The summed E-state index contributed by atoms with van der Waals surface area (Å²) in [6, 6.07) is 10.9. The van der Waals surface area contributed by atoms with Crippen LogP contribution in [0.2, 0.25) is 5.02 Å². The van der Waals surface area contributed by atoms with Crippen LogP contribution in [0.3, 0.4) is 0 Å². The fraction of sp³-hybridized carbons (Fsp3) is 0.300. The number of fused-ring (bicyclic) bond motifs is 1. The zero-order chi connectivity index (χ0) is 20.5. The number of carbonyl (C=O) groups is 2. The first-order valence-corrected chi connectivity index (χ1v) is 9.43. The maximum atomic E-state index is 13.0. The highest BCUT2D eigenvalue weighted by atomic mass is 35.5. The average Bonchev–Trinajstić information content (AvgIpc) is 3.26. The highest BCUT2D eigenvalue weighted by Crippen LogP contribution is 2.35. The fourth-order valence-corrected chi connectivity index (χ4v) is 3.74. The molecule has 29 heavy (non-hydrogen) atoms. The number of rotatable bonds is 6. The predicted octanol–water partition coefficient (Wildman–Crippen LogP) is 2.89. The third kappa shape index (κ3) is 3.40. The summed E-state index contributed by atoms with van der Waals surface area (Å²) in [7, 11) is 3.11. The Balaban J connectivity index is 1.49. The minimum Gasteiger partial charge on any atom is -0.497 e. The van der Waals surface area contributed by atoms with Gasteiger partial charge in [0.25, 0.3) is 11.8 Å². The van der Waals surface area contributed by atoms with Gasteiger partial charge >= 0.3 is 0 Å². The monoisotopic (exact) mass is 414 g/mol. The number of hydrogen-bond donors (Lipinski definition) is 0. The summed E-state index contributed by atoms with van der Waals surface area (Å²) in [4.78, 5) is 26.9. The molecular formula is C20H19ClN4O4. The minimum atomic E-state index is -0.834. The lowest BCUT2D eigenvalue weighted by Crippen LogP contribution is -2.40. The van der Waals surface area contributed by atoms with Gasteiger partial charge < -0.3 is 9.47 Å². The lowest BCUT2D eigenvalue weighted by molar-refractivity contribution is -0.123. The summed E-state index contributed by atoms with van der Waals surface area (Å²) in [5, 5.41) is 10.0. The second kappa shape index (κ2) is 7.71. The summed E-state index contributed by atoms with van der Waals surface area (Å²) >= 11 is 6.16. The molecule has 0 N–H and O–H groups in total. The molecule has 0 spiro atoms. The molecule has 2 amide bonds. The summed E-state index contributed by atoms with van der Waals surface area (Å²) in [5.41, 5.74) is 1.46. The van der Waals surface area contributed by atoms with Crippen molar-refractivity contribution in [3.63, 3.8) is 0 Å². The van der Waals surface area contributed by atoms with Crippen LogP contribution in [0.15, 0.2) is 52.8 Å². The van der Waals surface area contributed by atoms with E-state index < -0.39 is 18.0 Å². The number of carbonyl (C=O) groups excluding carboxylic acids is 2. The van der Waals surface area contributed by atoms with Crippen LogP contribution in [-0.2, 0) is 16.0 Å². The summed E-state index contributed by atoms with van der Waals surface area (Å²) in [6.45, 7) is 0.466. The number of ether oxygens (including phenoxy) is 2. The molecule has 0 saturated carbocycles. The quantitative estimate of drug-likeness (QED) is 0.678. The van der Waals surface area contributed by atoms with E-state index >= 15 is 0 Å². The number of amides is 2. The zero-order valence-corrected chi connectivity index (χ0v) is 16.7. The molecule has 4 rings (SSSR count). The molecule has 2 aliphatic heterocycles. The van der Waals surface area contributed by atoms with Gasteiger partial charge in [0.15, 0.2) is 12.1 Å². The fourth-order valence-electron chi connectivity index (χ4n) is 3.49. The standard InChI is InChI=1S/C20H19ClN4O4/c1-28-14-6-3-12(4-7-14)9-10-24-18-17(22-23-24)19(26)25(20(18)27)13-5-8-16(29-2)15(21)11-13/h3-8,11,17-18H,9-10H2,1-2H3/t17-,18+/m1/s1. The number of imide groups is 1. The third-order valence-corrected chi connectivity index (χ3v) is 5.34. The van der Waals surface area contributed by atoms with Gasteiger partial charge in [0, 0.05) is 6.54 Å². The zero-order valence-electron chi connectivity index (χ0n) is 15.9. The molecule has 2 atom stereocenters. The van der Waals surface area contributed by atoms with Crippen LogP contribution in [0.25, 0.3) is 0 Å². The minimum absolute atomic E-state index is 0.320. The average molecular weight is 415 g/mol. The summed E-state index contributed by atoms with van der Waals surface area (Å²) < 4.78 is 10.3. The van der Waals surface area contributed by atoms with Crippen molar-refractivity contribution in [2.75, 3.05) is 25.7 Å². The van der Waals surface area contributed by atoms with E-state index in [4.69, 9.17) is 21.1 Å². The number of hydrogen-bond acceptors (Lipinski definition) is 7. The van der Waals surface area contributed by atoms with E-state index in [-0.39, 0.29) is 5.91 Å². The molecule has 0 unspecified atom stereocenters. The number of anilines is 1. The first-order valence-electron chi connectivity index (χ1n) is 9.05. The van der Waals surface area contributed by atoms with E-state index in [1.165, 1.54) is 13.2 Å². The van der Waals surface area contributed by atoms with Crippen LogP contribution < -0.4 is 14.4 Å². The molecule has 9 heteroatoms. The lowest BCUT2D eigenvalue weighted by atomic mass is 10.1.